The Labute approximate surface area is 175 Å². The number of carbonyl (C=O) groups excluding carboxylic acids is 2. The second-order valence-corrected chi connectivity index (χ2v) is 6.42. The van der Waals surface area contributed by atoms with Gasteiger partial charge in [-0.25, -0.2) is 4.79 Å². The highest BCUT2D eigenvalue weighted by Gasteiger charge is 2.09. The highest BCUT2D eigenvalue weighted by Crippen LogP contribution is 2.25. The lowest BCUT2D eigenvalue weighted by Crippen LogP contribution is -2.12. The van der Waals surface area contributed by atoms with E-state index in [0.29, 0.717) is 22.6 Å². The quantitative estimate of drug-likeness (QED) is 0.307. The van der Waals surface area contributed by atoms with Crippen LogP contribution in [0.4, 0.5) is 0 Å². The van der Waals surface area contributed by atoms with E-state index < -0.39 is 5.97 Å². The largest absolute Gasteiger partial charge is 0.497 e. The van der Waals surface area contributed by atoms with E-state index in [0.717, 1.165) is 11.1 Å². The maximum absolute atomic E-state index is 12.3. The molecule has 0 aromatic heterocycles. The highest BCUT2D eigenvalue weighted by atomic mass is 16.5. The van der Waals surface area contributed by atoms with Gasteiger partial charge in [-0.1, -0.05) is 54.6 Å². The molecule has 0 bridgehead atoms. The molecule has 30 heavy (non-hydrogen) atoms. The van der Waals surface area contributed by atoms with Crippen molar-refractivity contribution in [2.24, 2.45) is 0 Å². The summed E-state index contributed by atoms with van der Waals surface area (Å²) in [6.07, 6.45) is 2.83. The molecule has 0 fully saturated rings. The molecule has 0 aliphatic heterocycles. The first-order valence-corrected chi connectivity index (χ1v) is 9.36. The van der Waals surface area contributed by atoms with E-state index in [1.54, 1.807) is 43.5 Å². The standard InChI is InChI=1S/C25H22O5/c1-28-22-14-12-21(24(16-22)29-2)13-15-25(27)30-17-23(26)20-10-8-19(9-11-20)18-6-4-3-5-7-18/h3-16H,17H2,1-2H3. The number of hydrogen-bond donors (Lipinski definition) is 0. The lowest BCUT2D eigenvalue weighted by atomic mass is 10.0. The molecule has 0 saturated carbocycles. The number of ketones is 1. The second-order valence-electron chi connectivity index (χ2n) is 6.42. The number of hydrogen-bond acceptors (Lipinski definition) is 5. The van der Waals surface area contributed by atoms with Gasteiger partial charge in [0.05, 0.1) is 14.2 Å². The first-order valence-electron chi connectivity index (χ1n) is 9.36. The van der Waals surface area contributed by atoms with Crippen molar-refractivity contribution in [3.05, 3.63) is 90.0 Å². The maximum atomic E-state index is 12.3. The summed E-state index contributed by atoms with van der Waals surface area (Å²) >= 11 is 0. The molecule has 0 aliphatic carbocycles. The number of carbonyl (C=O) groups is 2. The minimum Gasteiger partial charge on any atom is -0.497 e. The molecule has 0 spiro atoms. The smallest absolute Gasteiger partial charge is 0.331 e. The minimum absolute atomic E-state index is 0.265. The van der Waals surface area contributed by atoms with Gasteiger partial charge in [0.25, 0.3) is 0 Å². The zero-order chi connectivity index (χ0) is 21.3. The predicted octanol–water partition coefficient (Wildman–Crippen LogP) is 4.81. The Bertz CT molecular complexity index is 1040. The van der Waals surface area contributed by atoms with E-state index in [1.165, 1.54) is 13.2 Å². The number of benzene rings is 3. The van der Waals surface area contributed by atoms with Crippen molar-refractivity contribution in [2.75, 3.05) is 20.8 Å². The molecule has 5 nitrogen and oxygen atoms in total. The van der Waals surface area contributed by atoms with Crippen LogP contribution in [-0.2, 0) is 9.53 Å². The normalized spacial score (nSPS) is 10.6. The Morgan fingerprint density at radius 2 is 1.53 bits per heavy atom. The molecule has 0 heterocycles. The van der Waals surface area contributed by atoms with Crippen LogP contribution >= 0.6 is 0 Å². The van der Waals surface area contributed by atoms with Gasteiger partial charge in [-0.05, 0) is 29.3 Å². The third-order valence-corrected chi connectivity index (χ3v) is 4.50. The van der Waals surface area contributed by atoms with Crippen molar-refractivity contribution in [3.63, 3.8) is 0 Å². The van der Waals surface area contributed by atoms with Crippen LogP contribution in [0.25, 0.3) is 17.2 Å². The molecule has 5 heteroatoms. The lowest BCUT2D eigenvalue weighted by Gasteiger charge is -2.07. The molecular formula is C25H22O5. The van der Waals surface area contributed by atoms with E-state index in [-0.39, 0.29) is 12.4 Å². The molecule has 0 saturated heterocycles. The average Bonchev–Trinajstić information content (AvgIpc) is 2.81. The SMILES string of the molecule is COc1ccc(C=CC(=O)OCC(=O)c2ccc(-c3ccccc3)cc2)c(OC)c1. The molecule has 152 valence electrons. The first-order chi connectivity index (χ1) is 14.6. The van der Waals surface area contributed by atoms with Crippen LogP contribution in [0, 0.1) is 0 Å². The Kier molecular flexibility index (Phi) is 7.00. The van der Waals surface area contributed by atoms with Crippen LogP contribution in [-0.4, -0.2) is 32.6 Å². The Hall–Kier alpha value is -3.86. The summed E-state index contributed by atoms with van der Waals surface area (Å²) in [6, 6.07) is 22.3. The maximum Gasteiger partial charge on any atom is 0.331 e. The van der Waals surface area contributed by atoms with Gasteiger partial charge in [0.15, 0.2) is 12.4 Å². The van der Waals surface area contributed by atoms with Gasteiger partial charge in [-0.15, -0.1) is 0 Å². The van der Waals surface area contributed by atoms with Crippen molar-refractivity contribution < 1.29 is 23.8 Å². The van der Waals surface area contributed by atoms with Crippen molar-refractivity contribution in [2.45, 2.75) is 0 Å². The summed E-state index contributed by atoms with van der Waals surface area (Å²) in [4.78, 5) is 24.3. The topological polar surface area (TPSA) is 61.8 Å². The third-order valence-electron chi connectivity index (χ3n) is 4.50. The van der Waals surface area contributed by atoms with Gasteiger partial charge >= 0.3 is 5.97 Å². The van der Waals surface area contributed by atoms with Crippen LogP contribution in [0.5, 0.6) is 11.5 Å². The monoisotopic (exact) mass is 402 g/mol. The summed E-state index contributed by atoms with van der Waals surface area (Å²) in [7, 11) is 3.10. The predicted molar refractivity (Wildman–Crippen MR) is 116 cm³/mol. The Balaban J connectivity index is 1.57. The zero-order valence-electron chi connectivity index (χ0n) is 16.8. The molecule has 0 unspecified atom stereocenters. The second kappa shape index (κ2) is 10.1. The number of esters is 1. The van der Waals surface area contributed by atoms with E-state index in [9.17, 15) is 9.59 Å². The van der Waals surface area contributed by atoms with Crippen LogP contribution in [0.3, 0.4) is 0 Å². The fraction of sp³-hybridized carbons (Fsp3) is 0.120. The summed E-state index contributed by atoms with van der Waals surface area (Å²) in [6.45, 7) is -0.326. The average molecular weight is 402 g/mol. The molecule has 3 rings (SSSR count). The fourth-order valence-corrected chi connectivity index (χ4v) is 2.86. The molecule has 0 atom stereocenters. The van der Waals surface area contributed by atoms with Gasteiger partial charge in [0, 0.05) is 23.3 Å². The Morgan fingerprint density at radius 1 is 0.833 bits per heavy atom. The fourth-order valence-electron chi connectivity index (χ4n) is 2.86. The molecule has 0 amide bonds. The van der Waals surface area contributed by atoms with Crippen molar-refractivity contribution in [1.29, 1.82) is 0 Å². The molecule has 3 aromatic rings. The number of methoxy groups -OCH3 is 2. The lowest BCUT2D eigenvalue weighted by molar-refractivity contribution is -0.136. The summed E-state index contributed by atoms with van der Waals surface area (Å²) in [5.74, 6) is 0.337. The number of Topliss-reactive ketones (excluding diaryl/α,β-unsaturated/α-hetero) is 1. The van der Waals surface area contributed by atoms with Crippen LogP contribution < -0.4 is 9.47 Å². The minimum atomic E-state index is -0.609. The van der Waals surface area contributed by atoms with Crippen LogP contribution in [0.15, 0.2) is 78.9 Å². The van der Waals surface area contributed by atoms with E-state index in [1.807, 2.05) is 42.5 Å². The van der Waals surface area contributed by atoms with Crippen molar-refractivity contribution in [3.8, 4) is 22.6 Å². The van der Waals surface area contributed by atoms with Gasteiger partial charge in [0.1, 0.15) is 11.5 Å². The summed E-state index contributed by atoms with van der Waals surface area (Å²) < 4.78 is 15.5. The molecular weight excluding hydrogens is 380 g/mol. The van der Waals surface area contributed by atoms with Crippen LogP contribution in [0.2, 0.25) is 0 Å². The van der Waals surface area contributed by atoms with E-state index in [2.05, 4.69) is 0 Å². The summed E-state index contributed by atoms with van der Waals surface area (Å²) in [5, 5.41) is 0. The van der Waals surface area contributed by atoms with Gasteiger partial charge in [-0.2, -0.15) is 0 Å². The highest BCUT2D eigenvalue weighted by molar-refractivity contribution is 5.99. The van der Waals surface area contributed by atoms with E-state index in [4.69, 9.17) is 14.2 Å². The van der Waals surface area contributed by atoms with E-state index >= 15 is 0 Å². The molecule has 0 radical (unpaired) electrons. The van der Waals surface area contributed by atoms with Gasteiger partial charge in [-0.3, -0.25) is 4.79 Å². The summed E-state index contributed by atoms with van der Waals surface area (Å²) in [5.41, 5.74) is 3.27. The first kappa shape index (κ1) is 20.9. The molecule has 0 aliphatic rings. The van der Waals surface area contributed by atoms with Gasteiger partial charge < -0.3 is 14.2 Å². The van der Waals surface area contributed by atoms with Crippen LogP contribution in [0.1, 0.15) is 15.9 Å². The number of ether oxygens (including phenoxy) is 3. The zero-order valence-corrected chi connectivity index (χ0v) is 16.8. The molecule has 3 aromatic carbocycles. The molecule has 0 N–H and O–H groups in total. The van der Waals surface area contributed by atoms with Crippen molar-refractivity contribution in [1.82, 2.24) is 0 Å². The van der Waals surface area contributed by atoms with Crippen molar-refractivity contribution >= 4 is 17.8 Å². The number of rotatable bonds is 8. The van der Waals surface area contributed by atoms with Gasteiger partial charge in [0.2, 0.25) is 0 Å². The third kappa shape index (κ3) is 5.35. The Morgan fingerprint density at radius 3 is 2.20 bits per heavy atom.